The first-order valence-corrected chi connectivity index (χ1v) is 8.54. The molecule has 1 aromatic heterocycles. The number of nitrogens with zero attached hydrogens (tertiary/aromatic N) is 1. The summed E-state index contributed by atoms with van der Waals surface area (Å²) in [7, 11) is 1.42. The molecule has 0 bridgehead atoms. The second-order valence-electron chi connectivity index (χ2n) is 5.85. The Morgan fingerprint density at radius 2 is 1.81 bits per heavy atom. The summed E-state index contributed by atoms with van der Waals surface area (Å²) < 4.78 is 46.2. The van der Waals surface area contributed by atoms with Gasteiger partial charge in [0.25, 0.3) is 5.91 Å². The zero-order valence-corrected chi connectivity index (χ0v) is 14.4. The van der Waals surface area contributed by atoms with Gasteiger partial charge in [0.1, 0.15) is 29.8 Å². The Kier molecular flexibility index (Phi) is 3.96. The van der Waals surface area contributed by atoms with Gasteiger partial charge in [-0.2, -0.15) is 0 Å². The molecule has 0 atom stereocenters. The van der Waals surface area contributed by atoms with Crippen LogP contribution in [0.1, 0.15) is 15.2 Å². The predicted molar refractivity (Wildman–Crippen MR) is 93.1 cm³/mol. The largest absolute Gasteiger partial charge is 0.488 e. The zero-order valence-electron chi connectivity index (χ0n) is 13.6. The van der Waals surface area contributed by atoms with E-state index in [4.69, 9.17) is 4.74 Å². The van der Waals surface area contributed by atoms with Crippen LogP contribution in [-0.4, -0.2) is 13.0 Å². The standard InChI is InChI=1S/C19H12F3NO2S/c1-23(15-4-2-12(21)8-14(15)22)19(24)17-6-10-9-25-16-5-3-11(20)7-13(16)18(10)26-17/h2-8H,9H2,1H3. The Labute approximate surface area is 151 Å². The minimum atomic E-state index is -0.821. The van der Waals surface area contributed by atoms with Gasteiger partial charge in [0, 0.05) is 29.1 Å². The van der Waals surface area contributed by atoms with Gasteiger partial charge in [0.15, 0.2) is 0 Å². The third-order valence-corrected chi connectivity index (χ3v) is 5.36. The highest BCUT2D eigenvalue weighted by Gasteiger charge is 2.25. The average Bonchev–Trinajstić information content (AvgIpc) is 3.05. The number of carbonyl (C=O) groups excluding carboxylic acids is 1. The molecule has 0 saturated carbocycles. The molecule has 0 N–H and O–H groups in total. The van der Waals surface area contributed by atoms with E-state index >= 15 is 0 Å². The fraction of sp³-hybridized carbons (Fsp3) is 0.105. The van der Waals surface area contributed by atoms with Crippen molar-refractivity contribution in [3.8, 4) is 16.2 Å². The third-order valence-electron chi connectivity index (χ3n) is 4.16. The van der Waals surface area contributed by atoms with Gasteiger partial charge in [-0.05, 0) is 36.4 Å². The van der Waals surface area contributed by atoms with Gasteiger partial charge < -0.3 is 9.64 Å². The van der Waals surface area contributed by atoms with E-state index in [0.717, 1.165) is 27.5 Å². The monoisotopic (exact) mass is 375 g/mol. The van der Waals surface area contributed by atoms with Crippen molar-refractivity contribution in [1.82, 2.24) is 0 Å². The van der Waals surface area contributed by atoms with Crippen molar-refractivity contribution < 1.29 is 22.7 Å². The maximum Gasteiger partial charge on any atom is 0.268 e. The van der Waals surface area contributed by atoms with Crippen LogP contribution in [0.4, 0.5) is 18.9 Å². The Morgan fingerprint density at radius 3 is 2.58 bits per heavy atom. The summed E-state index contributed by atoms with van der Waals surface area (Å²) >= 11 is 1.19. The maximum absolute atomic E-state index is 14.0. The van der Waals surface area contributed by atoms with E-state index in [1.54, 1.807) is 12.1 Å². The molecule has 2 heterocycles. The van der Waals surface area contributed by atoms with Crippen molar-refractivity contribution in [1.29, 1.82) is 0 Å². The van der Waals surface area contributed by atoms with Crippen molar-refractivity contribution in [2.75, 3.05) is 11.9 Å². The van der Waals surface area contributed by atoms with E-state index in [-0.39, 0.29) is 12.3 Å². The number of hydrogen-bond acceptors (Lipinski definition) is 3. The van der Waals surface area contributed by atoms with Crippen LogP contribution in [0.15, 0.2) is 42.5 Å². The van der Waals surface area contributed by atoms with Crippen molar-refractivity contribution in [2.45, 2.75) is 6.61 Å². The lowest BCUT2D eigenvalue weighted by molar-refractivity contribution is 0.0996. The molecule has 0 unspecified atom stereocenters. The van der Waals surface area contributed by atoms with Crippen LogP contribution in [0.5, 0.6) is 5.75 Å². The second-order valence-corrected chi connectivity index (χ2v) is 6.91. The van der Waals surface area contributed by atoms with Crippen LogP contribution >= 0.6 is 11.3 Å². The summed E-state index contributed by atoms with van der Waals surface area (Å²) in [6.07, 6.45) is 0. The van der Waals surface area contributed by atoms with E-state index < -0.39 is 23.4 Å². The van der Waals surface area contributed by atoms with E-state index in [0.29, 0.717) is 16.2 Å². The number of anilines is 1. The number of amides is 1. The topological polar surface area (TPSA) is 29.5 Å². The molecule has 3 aromatic rings. The minimum Gasteiger partial charge on any atom is -0.488 e. The molecule has 4 rings (SSSR count). The van der Waals surface area contributed by atoms with Crippen molar-refractivity contribution in [3.63, 3.8) is 0 Å². The van der Waals surface area contributed by atoms with E-state index in [1.165, 1.54) is 36.6 Å². The number of fused-ring (bicyclic) bond motifs is 3. The summed E-state index contributed by atoms with van der Waals surface area (Å²) in [6.45, 7) is 0.270. The first-order chi connectivity index (χ1) is 12.4. The third kappa shape index (κ3) is 2.74. The molecular formula is C19H12F3NO2S. The molecule has 1 aliphatic rings. The fourth-order valence-corrected chi connectivity index (χ4v) is 4.02. The van der Waals surface area contributed by atoms with Crippen LogP contribution in [-0.2, 0) is 6.61 Å². The van der Waals surface area contributed by atoms with Crippen molar-refractivity contribution >= 4 is 22.9 Å². The summed E-state index contributed by atoms with van der Waals surface area (Å²) in [5, 5.41) is 0. The molecule has 3 nitrogen and oxygen atoms in total. The summed E-state index contributed by atoms with van der Waals surface area (Å²) in [4.78, 5) is 15.0. The normalized spacial score (nSPS) is 12.2. The van der Waals surface area contributed by atoms with Gasteiger partial charge in [0.2, 0.25) is 0 Å². The SMILES string of the molecule is CN(C(=O)c1cc2c(s1)-c1cc(F)ccc1OC2)c1ccc(F)cc1F. The van der Waals surface area contributed by atoms with E-state index in [1.807, 2.05) is 0 Å². The average molecular weight is 375 g/mol. The molecule has 132 valence electrons. The highest BCUT2D eigenvalue weighted by atomic mass is 32.1. The molecule has 1 aliphatic heterocycles. The van der Waals surface area contributed by atoms with Crippen molar-refractivity contribution in [2.24, 2.45) is 0 Å². The molecule has 26 heavy (non-hydrogen) atoms. The number of rotatable bonds is 2. The summed E-state index contributed by atoms with van der Waals surface area (Å²) in [6, 6.07) is 8.92. The Hall–Kier alpha value is -2.80. The number of carbonyl (C=O) groups is 1. The maximum atomic E-state index is 14.0. The molecule has 0 saturated heterocycles. The van der Waals surface area contributed by atoms with E-state index in [9.17, 15) is 18.0 Å². The molecule has 1 amide bonds. The fourth-order valence-electron chi connectivity index (χ4n) is 2.86. The predicted octanol–water partition coefficient (Wildman–Crippen LogP) is 5.00. The first kappa shape index (κ1) is 16.7. The molecule has 0 fully saturated rings. The Balaban J connectivity index is 1.71. The lowest BCUT2D eigenvalue weighted by Crippen LogP contribution is -2.26. The van der Waals surface area contributed by atoms with Crippen molar-refractivity contribution in [3.05, 3.63) is 70.4 Å². The molecule has 0 spiro atoms. The molecule has 7 heteroatoms. The molecular weight excluding hydrogens is 363 g/mol. The zero-order chi connectivity index (χ0) is 18.4. The van der Waals surface area contributed by atoms with Gasteiger partial charge in [-0.25, -0.2) is 13.2 Å². The van der Waals surface area contributed by atoms with Crippen LogP contribution in [0, 0.1) is 17.5 Å². The van der Waals surface area contributed by atoms with Gasteiger partial charge in [-0.1, -0.05) is 0 Å². The molecule has 0 radical (unpaired) electrons. The van der Waals surface area contributed by atoms with Crippen LogP contribution in [0.3, 0.4) is 0 Å². The minimum absolute atomic E-state index is 0.0227. The Bertz CT molecular complexity index is 1030. The highest BCUT2D eigenvalue weighted by Crippen LogP contribution is 2.43. The quantitative estimate of drug-likeness (QED) is 0.631. The van der Waals surface area contributed by atoms with Crippen LogP contribution in [0.25, 0.3) is 10.4 Å². The number of halogens is 3. The van der Waals surface area contributed by atoms with Crippen LogP contribution in [0.2, 0.25) is 0 Å². The van der Waals surface area contributed by atoms with Gasteiger partial charge in [0.05, 0.1) is 10.6 Å². The molecule has 0 aliphatic carbocycles. The number of hydrogen-bond donors (Lipinski definition) is 0. The number of thiophene rings is 1. The lowest BCUT2D eigenvalue weighted by atomic mass is 10.1. The van der Waals surface area contributed by atoms with E-state index in [2.05, 4.69) is 0 Å². The van der Waals surface area contributed by atoms with Gasteiger partial charge in [-0.15, -0.1) is 11.3 Å². The first-order valence-electron chi connectivity index (χ1n) is 7.72. The van der Waals surface area contributed by atoms with Gasteiger partial charge >= 0.3 is 0 Å². The second kappa shape index (κ2) is 6.17. The summed E-state index contributed by atoms with van der Waals surface area (Å²) in [5.74, 6) is -1.81. The summed E-state index contributed by atoms with van der Waals surface area (Å²) in [5.41, 5.74) is 1.33. The van der Waals surface area contributed by atoms with Gasteiger partial charge in [-0.3, -0.25) is 4.79 Å². The molecule has 2 aromatic carbocycles. The Morgan fingerprint density at radius 1 is 1.08 bits per heavy atom. The number of ether oxygens (including phenoxy) is 1. The van der Waals surface area contributed by atoms with Crippen LogP contribution < -0.4 is 9.64 Å². The highest BCUT2D eigenvalue weighted by molar-refractivity contribution is 7.17. The smallest absolute Gasteiger partial charge is 0.268 e. The number of benzene rings is 2. The lowest BCUT2D eigenvalue weighted by Gasteiger charge is -2.17.